The lowest BCUT2D eigenvalue weighted by molar-refractivity contribution is 0.262. The first-order chi connectivity index (χ1) is 14.5. The van der Waals surface area contributed by atoms with Crippen LogP contribution in [0.15, 0.2) is 48.5 Å². The van der Waals surface area contributed by atoms with Crippen molar-refractivity contribution in [3.63, 3.8) is 0 Å². The fraction of sp³-hybridized carbons (Fsp3) is 0.273. The molecular weight excluding hydrogens is 423 g/mol. The van der Waals surface area contributed by atoms with Gasteiger partial charge in [0.05, 0.1) is 18.3 Å². The number of rotatable bonds is 8. The number of carbonyl (C=O) groups is 1. The number of nitrogens with zero attached hydrogens (tertiary/aromatic N) is 2. The van der Waals surface area contributed by atoms with Gasteiger partial charge in [-0.1, -0.05) is 0 Å². The minimum atomic E-state index is -0.330. The molecule has 0 bridgehead atoms. The molecule has 8 heteroatoms. The molecule has 0 radical (unpaired) electrons. The Hall–Kier alpha value is -2.70. The van der Waals surface area contributed by atoms with E-state index >= 15 is 0 Å². The number of amides is 2. The van der Waals surface area contributed by atoms with Gasteiger partial charge < -0.3 is 20.3 Å². The first kappa shape index (κ1) is 22.0. The lowest BCUT2D eigenvalue weighted by Crippen LogP contribution is -2.27. The zero-order chi connectivity index (χ0) is 21.5. The SMILES string of the molecule is COc1ccc2c(NC(=O)Nc3ccc(N(CCCl)CCCl)cc3)cc(C)nc2c1. The molecule has 0 aliphatic carbocycles. The first-order valence-corrected chi connectivity index (χ1v) is 10.6. The van der Waals surface area contributed by atoms with Gasteiger partial charge >= 0.3 is 6.03 Å². The van der Waals surface area contributed by atoms with Crippen LogP contribution in [-0.4, -0.2) is 43.0 Å². The number of urea groups is 1. The van der Waals surface area contributed by atoms with Crippen LogP contribution in [-0.2, 0) is 0 Å². The maximum absolute atomic E-state index is 12.6. The summed E-state index contributed by atoms with van der Waals surface area (Å²) < 4.78 is 5.26. The summed E-state index contributed by atoms with van der Waals surface area (Å²) in [5.41, 5.74) is 3.93. The maximum Gasteiger partial charge on any atom is 0.323 e. The molecule has 2 amide bonds. The van der Waals surface area contributed by atoms with E-state index in [-0.39, 0.29) is 6.03 Å². The van der Waals surface area contributed by atoms with E-state index in [0.717, 1.165) is 22.3 Å². The second-order valence-corrected chi connectivity index (χ2v) is 7.44. The second-order valence-electron chi connectivity index (χ2n) is 6.69. The molecule has 0 saturated carbocycles. The molecule has 30 heavy (non-hydrogen) atoms. The number of nitrogens with one attached hydrogen (secondary N) is 2. The molecule has 2 aromatic carbocycles. The molecule has 0 unspecified atom stereocenters. The van der Waals surface area contributed by atoms with Crippen molar-refractivity contribution in [2.24, 2.45) is 0 Å². The predicted octanol–water partition coefficient (Wildman–Crippen LogP) is 5.48. The minimum Gasteiger partial charge on any atom is -0.497 e. The van der Waals surface area contributed by atoms with Gasteiger partial charge in [-0.25, -0.2) is 4.79 Å². The van der Waals surface area contributed by atoms with Crippen molar-refractivity contribution in [3.05, 3.63) is 54.2 Å². The number of aromatic nitrogens is 1. The third kappa shape index (κ3) is 5.46. The number of halogens is 2. The highest BCUT2D eigenvalue weighted by Crippen LogP contribution is 2.27. The van der Waals surface area contributed by atoms with Crippen LogP contribution in [0.1, 0.15) is 5.69 Å². The number of benzene rings is 2. The molecular formula is C22H24Cl2N4O2. The average molecular weight is 447 g/mol. The van der Waals surface area contributed by atoms with Gasteiger partial charge in [0.2, 0.25) is 0 Å². The summed E-state index contributed by atoms with van der Waals surface area (Å²) in [7, 11) is 1.61. The predicted molar refractivity (Wildman–Crippen MR) is 126 cm³/mol. The number of alkyl halides is 2. The molecule has 1 heterocycles. The molecule has 0 spiro atoms. The van der Waals surface area contributed by atoms with Crippen molar-refractivity contribution >= 4 is 57.2 Å². The van der Waals surface area contributed by atoms with E-state index in [0.29, 0.717) is 42.0 Å². The second kappa shape index (κ2) is 10.4. The number of anilines is 3. The fourth-order valence-electron chi connectivity index (χ4n) is 3.19. The Balaban J connectivity index is 1.73. The minimum absolute atomic E-state index is 0.330. The van der Waals surface area contributed by atoms with Gasteiger partial charge in [-0.3, -0.25) is 4.98 Å². The van der Waals surface area contributed by atoms with Crippen LogP contribution >= 0.6 is 23.2 Å². The maximum atomic E-state index is 12.6. The topological polar surface area (TPSA) is 66.5 Å². The van der Waals surface area contributed by atoms with Crippen LogP contribution < -0.4 is 20.3 Å². The van der Waals surface area contributed by atoms with Gasteiger partial charge in [-0.2, -0.15) is 0 Å². The summed E-state index contributed by atoms with van der Waals surface area (Å²) in [6.45, 7) is 3.30. The van der Waals surface area contributed by atoms with Crippen molar-refractivity contribution < 1.29 is 9.53 Å². The summed E-state index contributed by atoms with van der Waals surface area (Å²) >= 11 is 11.7. The van der Waals surface area contributed by atoms with Crippen LogP contribution in [0.2, 0.25) is 0 Å². The average Bonchev–Trinajstić information content (AvgIpc) is 2.73. The van der Waals surface area contributed by atoms with Crippen molar-refractivity contribution in [3.8, 4) is 5.75 Å². The largest absolute Gasteiger partial charge is 0.497 e. The summed E-state index contributed by atoms with van der Waals surface area (Å²) in [4.78, 5) is 19.2. The van der Waals surface area contributed by atoms with Crippen molar-refractivity contribution in [1.82, 2.24) is 4.98 Å². The quantitative estimate of drug-likeness (QED) is 0.449. The van der Waals surface area contributed by atoms with Crippen LogP contribution in [0, 0.1) is 6.92 Å². The van der Waals surface area contributed by atoms with Crippen LogP contribution in [0.5, 0.6) is 5.75 Å². The van der Waals surface area contributed by atoms with E-state index in [1.54, 1.807) is 7.11 Å². The number of fused-ring (bicyclic) bond motifs is 1. The highest BCUT2D eigenvalue weighted by Gasteiger charge is 2.10. The van der Waals surface area contributed by atoms with Gasteiger partial charge in [0.15, 0.2) is 0 Å². The van der Waals surface area contributed by atoms with Crippen LogP contribution in [0.4, 0.5) is 21.9 Å². The Kier molecular flexibility index (Phi) is 7.60. The van der Waals surface area contributed by atoms with Gasteiger partial charge in [0.1, 0.15) is 5.75 Å². The van der Waals surface area contributed by atoms with Crippen LogP contribution in [0.25, 0.3) is 10.9 Å². The third-order valence-corrected chi connectivity index (χ3v) is 4.93. The summed E-state index contributed by atoms with van der Waals surface area (Å²) in [5.74, 6) is 1.75. The van der Waals surface area contributed by atoms with Crippen molar-refractivity contribution in [1.29, 1.82) is 0 Å². The Bertz CT molecular complexity index is 1010. The fourth-order valence-corrected chi connectivity index (χ4v) is 3.59. The standard InChI is InChI=1S/C22H24Cl2N4O2/c1-15-13-20(19-8-7-18(30-2)14-21(19)25-15)27-22(29)26-16-3-5-17(6-4-16)28(11-9-23)12-10-24/h3-8,13-14H,9-12H2,1-2H3,(H2,25,26,27,29). The third-order valence-electron chi connectivity index (χ3n) is 4.59. The molecule has 0 saturated heterocycles. The molecule has 0 fully saturated rings. The van der Waals surface area contributed by atoms with Gasteiger partial charge in [0.25, 0.3) is 0 Å². The Morgan fingerprint density at radius 1 is 1.03 bits per heavy atom. The van der Waals surface area contributed by atoms with Gasteiger partial charge in [-0.05, 0) is 49.4 Å². The zero-order valence-electron chi connectivity index (χ0n) is 16.9. The van der Waals surface area contributed by atoms with Crippen molar-refractivity contribution in [2.45, 2.75) is 6.92 Å². The number of aryl methyl sites for hydroxylation is 1. The molecule has 0 atom stereocenters. The molecule has 6 nitrogen and oxygen atoms in total. The monoisotopic (exact) mass is 446 g/mol. The van der Waals surface area contributed by atoms with Gasteiger partial charge in [-0.15, -0.1) is 23.2 Å². The number of carbonyl (C=O) groups excluding carboxylic acids is 1. The number of hydrogen-bond acceptors (Lipinski definition) is 4. The Morgan fingerprint density at radius 3 is 2.37 bits per heavy atom. The molecule has 2 N–H and O–H groups in total. The lowest BCUT2D eigenvalue weighted by Gasteiger charge is -2.23. The normalized spacial score (nSPS) is 10.7. The highest BCUT2D eigenvalue weighted by atomic mass is 35.5. The number of methoxy groups -OCH3 is 1. The van der Waals surface area contributed by atoms with E-state index in [9.17, 15) is 4.79 Å². The van der Waals surface area contributed by atoms with Crippen molar-refractivity contribution in [2.75, 3.05) is 47.5 Å². The molecule has 1 aromatic heterocycles. The van der Waals surface area contributed by atoms with Crippen LogP contribution in [0.3, 0.4) is 0 Å². The van der Waals surface area contributed by atoms with E-state index in [1.807, 2.05) is 55.5 Å². The molecule has 3 aromatic rings. The summed E-state index contributed by atoms with van der Waals surface area (Å²) in [5, 5.41) is 6.61. The first-order valence-electron chi connectivity index (χ1n) is 9.54. The molecule has 3 rings (SSSR count). The lowest BCUT2D eigenvalue weighted by atomic mass is 10.1. The zero-order valence-corrected chi connectivity index (χ0v) is 18.4. The van der Waals surface area contributed by atoms with E-state index in [1.165, 1.54) is 0 Å². The number of hydrogen-bond donors (Lipinski definition) is 2. The molecule has 158 valence electrons. The molecule has 0 aliphatic rings. The summed E-state index contributed by atoms with van der Waals surface area (Å²) in [6, 6.07) is 14.7. The number of pyridine rings is 1. The number of ether oxygens (including phenoxy) is 1. The van der Waals surface area contributed by atoms with E-state index in [4.69, 9.17) is 27.9 Å². The summed E-state index contributed by atoms with van der Waals surface area (Å²) in [6.07, 6.45) is 0. The van der Waals surface area contributed by atoms with E-state index in [2.05, 4.69) is 20.5 Å². The molecule has 0 aliphatic heterocycles. The Morgan fingerprint density at radius 2 is 1.73 bits per heavy atom. The Labute approximate surface area is 186 Å². The van der Waals surface area contributed by atoms with Gasteiger partial charge in [0, 0.05) is 53.4 Å². The smallest absolute Gasteiger partial charge is 0.323 e. The highest BCUT2D eigenvalue weighted by molar-refractivity contribution is 6.18. The van der Waals surface area contributed by atoms with E-state index < -0.39 is 0 Å².